The fourth-order valence-corrected chi connectivity index (χ4v) is 7.64. The lowest BCUT2D eigenvalue weighted by atomic mass is 10.1. The Labute approximate surface area is 203 Å². The molecule has 0 spiro atoms. The fourth-order valence-electron chi connectivity index (χ4n) is 4.65. The second kappa shape index (κ2) is 8.76. The molecule has 1 aliphatic heterocycles. The molecule has 4 rings (SSSR count). The van der Waals surface area contributed by atoms with Crippen molar-refractivity contribution in [3.05, 3.63) is 58.7 Å². The Hall–Kier alpha value is -3.25. The standard InChI is InChI=1S/C26H27F2O6P/c1-14-8-18(9-15(2)23(14)31-6)35(29,19-10-16(3)24(32-7)17(4)11-19)20-12-21(30-5)25-22(13-20)33-26(27,28)34-25/h8-13H,1-7H3. The highest BCUT2D eigenvalue weighted by Crippen LogP contribution is 2.52. The van der Waals surface area contributed by atoms with Gasteiger partial charge in [-0.3, -0.25) is 0 Å². The van der Waals surface area contributed by atoms with Crippen molar-refractivity contribution >= 4 is 23.1 Å². The summed E-state index contributed by atoms with van der Waals surface area (Å²) in [6.07, 6.45) is -3.85. The first-order valence-corrected chi connectivity index (χ1v) is 12.6. The SMILES string of the molecule is COc1cc(P(=O)(c2cc(C)c(OC)c(C)c2)c2cc(C)c(OC)c(C)c2)cc2c1OC(F)(F)O2. The van der Waals surface area contributed by atoms with Gasteiger partial charge in [-0.2, -0.15) is 0 Å². The molecule has 6 nitrogen and oxygen atoms in total. The smallest absolute Gasteiger partial charge is 0.496 e. The largest absolute Gasteiger partial charge is 0.586 e. The second-order valence-electron chi connectivity index (χ2n) is 8.48. The van der Waals surface area contributed by atoms with Gasteiger partial charge in [-0.15, -0.1) is 8.78 Å². The van der Waals surface area contributed by atoms with Crippen LogP contribution in [0.25, 0.3) is 0 Å². The van der Waals surface area contributed by atoms with Gasteiger partial charge in [-0.05, 0) is 86.3 Å². The van der Waals surface area contributed by atoms with Crippen molar-refractivity contribution in [1.29, 1.82) is 0 Å². The fraction of sp³-hybridized carbons (Fsp3) is 0.308. The predicted molar refractivity (Wildman–Crippen MR) is 131 cm³/mol. The monoisotopic (exact) mass is 504 g/mol. The van der Waals surface area contributed by atoms with E-state index in [1.165, 1.54) is 19.2 Å². The van der Waals surface area contributed by atoms with Crippen molar-refractivity contribution < 1.29 is 37.0 Å². The molecule has 0 fully saturated rings. The lowest BCUT2D eigenvalue weighted by molar-refractivity contribution is -0.287. The topological polar surface area (TPSA) is 63.2 Å². The van der Waals surface area contributed by atoms with E-state index in [1.54, 1.807) is 38.5 Å². The zero-order chi connectivity index (χ0) is 25.7. The molecule has 0 unspecified atom stereocenters. The summed E-state index contributed by atoms with van der Waals surface area (Å²) in [5, 5.41) is 1.30. The van der Waals surface area contributed by atoms with Gasteiger partial charge in [0.2, 0.25) is 5.75 Å². The highest BCUT2D eigenvalue weighted by atomic mass is 31.2. The maximum atomic E-state index is 15.2. The summed E-state index contributed by atoms with van der Waals surface area (Å²) in [5.41, 5.74) is 3.18. The summed E-state index contributed by atoms with van der Waals surface area (Å²) in [7, 11) is 0.850. The van der Waals surface area contributed by atoms with Gasteiger partial charge in [-0.25, -0.2) is 0 Å². The molecule has 3 aromatic rings. The van der Waals surface area contributed by atoms with E-state index in [1.807, 2.05) is 27.7 Å². The van der Waals surface area contributed by atoms with Crippen LogP contribution in [0.5, 0.6) is 28.7 Å². The molecule has 0 N–H and O–H groups in total. The Balaban J connectivity index is 2.06. The third kappa shape index (κ3) is 4.10. The molecule has 35 heavy (non-hydrogen) atoms. The molecular weight excluding hydrogens is 477 g/mol. The van der Waals surface area contributed by atoms with Gasteiger partial charge in [0.1, 0.15) is 11.5 Å². The number of hydrogen-bond acceptors (Lipinski definition) is 6. The minimum Gasteiger partial charge on any atom is -0.496 e. The number of rotatable bonds is 6. The Kier molecular flexibility index (Phi) is 6.22. The molecule has 0 bridgehead atoms. The van der Waals surface area contributed by atoms with Gasteiger partial charge in [0.25, 0.3) is 0 Å². The number of alkyl halides is 2. The van der Waals surface area contributed by atoms with Crippen LogP contribution in [0.4, 0.5) is 8.78 Å². The maximum absolute atomic E-state index is 15.2. The Morgan fingerprint density at radius 1 is 0.686 bits per heavy atom. The molecule has 3 aromatic carbocycles. The number of benzene rings is 3. The van der Waals surface area contributed by atoms with Crippen LogP contribution in [0.15, 0.2) is 36.4 Å². The minimum absolute atomic E-state index is 0.00110. The second-order valence-corrected chi connectivity index (χ2v) is 11.2. The van der Waals surface area contributed by atoms with Crippen LogP contribution in [-0.4, -0.2) is 27.6 Å². The number of halogens is 2. The van der Waals surface area contributed by atoms with Crippen molar-refractivity contribution in [2.45, 2.75) is 34.0 Å². The van der Waals surface area contributed by atoms with E-state index < -0.39 is 13.4 Å². The molecule has 0 amide bonds. The average molecular weight is 504 g/mol. The van der Waals surface area contributed by atoms with Crippen molar-refractivity contribution in [3.8, 4) is 28.7 Å². The van der Waals surface area contributed by atoms with Crippen LogP contribution in [0.1, 0.15) is 22.3 Å². The molecule has 0 radical (unpaired) electrons. The van der Waals surface area contributed by atoms with Gasteiger partial charge < -0.3 is 28.2 Å². The van der Waals surface area contributed by atoms with Gasteiger partial charge in [0.05, 0.1) is 21.3 Å². The molecule has 0 aliphatic carbocycles. The summed E-state index contributed by atoms with van der Waals surface area (Å²) < 4.78 is 68.7. The summed E-state index contributed by atoms with van der Waals surface area (Å²) in [6.45, 7) is 7.46. The number of methoxy groups -OCH3 is 3. The van der Waals surface area contributed by atoms with Crippen LogP contribution in [0, 0.1) is 27.7 Å². The highest BCUT2D eigenvalue weighted by Gasteiger charge is 2.46. The van der Waals surface area contributed by atoms with Crippen LogP contribution >= 0.6 is 7.14 Å². The molecule has 0 saturated carbocycles. The Morgan fingerprint density at radius 3 is 1.51 bits per heavy atom. The lowest BCUT2D eigenvalue weighted by Gasteiger charge is -2.24. The van der Waals surface area contributed by atoms with Crippen LogP contribution in [-0.2, 0) is 4.57 Å². The zero-order valence-electron chi connectivity index (χ0n) is 20.6. The van der Waals surface area contributed by atoms with E-state index in [0.29, 0.717) is 22.1 Å². The molecule has 9 heteroatoms. The molecule has 1 heterocycles. The lowest BCUT2D eigenvalue weighted by Crippen LogP contribution is -2.27. The molecule has 0 saturated heterocycles. The van der Waals surface area contributed by atoms with E-state index in [0.717, 1.165) is 22.3 Å². The third-order valence-corrected chi connectivity index (χ3v) is 9.02. The number of ether oxygens (including phenoxy) is 5. The first-order valence-electron chi connectivity index (χ1n) is 10.8. The van der Waals surface area contributed by atoms with Crippen molar-refractivity contribution in [1.82, 2.24) is 0 Å². The summed E-state index contributed by atoms with van der Waals surface area (Å²) in [5.74, 6) is 0.889. The summed E-state index contributed by atoms with van der Waals surface area (Å²) in [6, 6.07) is 10.00. The van der Waals surface area contributed by atoms with Gasteiger partial charge in [0, 0.05) is 15.9 Å². The van der Waals surface area contributed by atoms with Crippen LogP contribution in [0.2, 0.25) is 0 Å². The molecule has 1 aliphatic rings. The van der Waals surface area contributed by atoms with Crippen LogP contribution < -0.4 is 39.6 Å². The summed E-state index contributed by atoms with van der Waals surface area (Å²) in [4.78, 5) is 0. The van der Waals surface area contributed by atoms with Gasteiger partial charge in [0.15, 0.2) is 18.6 Å². The maximum Gasteiger partial charge on any atom is 0.586 e. The van der Waals surface area contributed by atoms with E-state index in [4.69, 9.17) is 18.9 Å². The number of hydrogen-bond donors (Lipinski definition) is 0. The molecular formula is C26H27F2O6P. The molecule has 0 atom stereocenters. The Bertz CT molecular complexity index is 1260. The first-order chi connectivity index (χ1) is 16.4. The van der Waals surface area contributed by atoms with Gasteiger partial charge in [-0.1, -0.05) is 0 Å². The van der Waals surface area contributed by atoms with E-state index in [9.17, 15) is 8.78 Å². The highest BCUT2D eigenvalue weighted by molar-refractivity contribution is 7.85. The number of aryl methyl sites for hydroxylation is 4. The average Bonchev–Trinajstić information content (AvgIpc) is 3.11. The Morgan fingerprint density at radius 2 is 1.11 bits per heavy atom. The van der Waals surface area contributed by atoms with E-state index in [-0.39, 0.29) is 22.6 Å². The zero-order valence-corrected chi connectivity index (χ0v) is 21.5. The third-order valence-electron chi connectivity index (χ3n) is 6.06. The summed E-state index contributed by atoms with van der Waals surface area (Å²) >= 11 is 0. The van der Waals surface area contributed by atoms with Crippen molar-refractivity contribution in [2.24, 2.45) is 0 Å². The quantitative estimate of drug-likeness (QED) is 0.445. The van der Waals surface area contributed by atoms with Crippen molar-refractivity contribution in [3.63, 3.8) is 0 Å². The predicted octanol–water partition coefficient (Wildman–Crippen LogP) is 4.91. The molecule has 0 aromatic heterocycles. The van der Waals surface area contributed by atoms with E-state index in [2.05, 4.69) is 4.74 Å². The number of fused-ring (bicyclic) bond motifs is 1. The van der Waals surface area contributed by atoms with Crippen LogP contribution in [0.3, 0.4) is 0 Å². The minimum atomic E-state index is -3.85. The normalized spacial score (nSPS) is 14.1. The van der Waals surface area contributed by atoms with Gasteiger partial charge >= 0.3 is 6.29 Å². The van der Waals surface area contributed by atoms with Crippen molar-refractivity contribution in [2.75, 3.05) is 21.3 Å². The molecule has 186 valence electrons. The van der Waals surface area contributed by atoms with E-state index >= 15 is 4.57 Å². The first kappa shape index (κ1) is 24.9.